The molecule has 3 aliphatic rings. The van der Waals surface area contributed by atoms with Gasteiger partial charge >= 0.3 is 5.97 Å². The number of benzene rings is 1. The topological polar surface area (TPSA) is 204 Å². The molecule has 4 rings (SSSR count). The van der Waals surface area contributed by atoms with E-state index in [0.717, 1.165) is 0 Å². The van der Waals surface area contributed by atoms with Crippen LogP contribution in [0.5, 0.6) is 0 Å². The van der Waals surface area contributed by atoms with E-state index in [1.807, 2.05) is 37.7 Å². The van der Waals surface area contributed by atoms with Gasteiger partial charge in [-0.2, -0.15) is 0 Å². The summed E-state index contributed by atoms with van der Waals surface area (Å²) in [4.78, 5) is 18.5. The van der Waals surface area contributed by atoms with E-state index in [0.29, 0.717) is 32.5 Å². The number of esters is 1. The molecule has 16 nitrogen and oxygen atoms in total. The summed E-state index contributed by atoms with van der Waals surface area (Å²) in [5.74, 6) is -3.32. The van der Waals surface area contributed by atoms with Gasteiger partial charge in [0.25, 0.3) is 0 Å². The predicted molar refractivity (Wildman–Crippen MR) is 248 cm³/mol. The number of carbonyl (C=O) groups excluding carboxylic acids is 1. The molecule has 18 atom stereocenters. The Kier molecular flexibility index (Phi) is 20.0. The van der Waals surface area contributed by atoms with Gasteiger partial charge in [-0.1, -0.05) is 32.9 Å². The molecular weight excluding hydrogens is 864 g/mol. The highest BCUT2D eigenvalue weighted by Gasteiger charge is 2.53. The van der Waals surface area contributed by atoms with Crippen molar-refractivity contribution in [3.05, 3.63) is 30.1 Å². The summed E-state index contributed by atoms with van der Waals surface area (Å²) >= 11 is 5.44. The van der Waals surface area contributed by atoms with Gasteiger partial charge in [-0.25, -0.2) is 4.39 Å². The molecule has 374 valence electrons. The van der Waals surface area contributed by atoms with Crippen LogP contribution in [0.2, 0.25) is 0 Å². The van der Waals surface area contributed by atoms with Crippen LogP contribution in [0.25, 0.3) is 0 Å². The van der Waals surface area contributed by atoms with Gasteiger partial charge in [-0.15, -0.1) is 0 Å². The van der Waals surface area contributed by atoms with Crippen LogP contribution < -0.4 is 10.6 Å². The number of nitrogens with zero attached hydrogens (tertiary/aromatic N) is 2. The number of hydrogen-bond acceptors (Lipinski definition) is 15. The van der Waals surface area contributed by atoms with Crippen LogP contribution >= 0.6 is 12.2 Å². The van der Waals surface area contributed by atoms with Gasteiger partial charge in [-0.05, 0) is 119 Å². The maximum absolute atomic E-state index is 14.5. The number of rotatable bonds is 12. The SMILES string of the molecule is CC[C@H]1OC(=O)[C@H](C)[C@@H](O[C@H]2C[C@@](C)(OC)[C@@H](O)[C@H](C)O2)[C@H](C)[C@@H](O[C@@H]2O[C@H](C)C[C@H](N(C)C)[C@H]2O)[C@](C)(O)C[C@@H](C)CN(CCCNC(=S)Nc2ccccc2F)[C@H](C)[C@@H](O)[C@]1(C)O. The van der Waals surface area contributed by atoms with Crippen molar-refractivity contribution in [1.29, 1.82) is 0 Å². The number of anilines is 1. The molecule has 0 aliphatic carbocycles. The molecule has 3 saturated heterocycles. The molecule has 0 aromatic heterocycles. The predicted octanol–water partition coefficient (Wildman–Crippen LogP) is 3.79. The zero-order valence-electron chi connectivity index (χ0n) is 40.9. The fourth-order valence-electron chi connectivity index (χ4n) is 10.1. The van der Waals surface area contributed by atoms with Gasteiger partial charge in [0.2, 0.25) is 0 Å². The maximum Gasteiger partial charge on any atom is 0.311 e. The van der Waals surface area contributed by atoms with Crippen LogP contribution in [0.15, 0.2) is 24.3 Å². The molecule has 7 N–H and O–H groups in total. The number of carbonyl (C=O) groups is 1. The van der Waals surface area contributed by atoms with Crippen molar-refractivity contribution in [2.45, 2.75) is 192 Å². The highest BCUT2D eigenvalue weighted by Crippen LogP contribution is 2.40. The van der Waals surface area contributed by atoms with E-state index in [9.17, 15) is 34.7 Å². The van der Waals surface area contributed by atoms with Crippen molar-refractivity contribution in [1.82, 2.24) is 15.1 Å². The van der Waals surface area contributed by atoms with Gasteiger partial charge in [0.05, 0.1) is 47.2 Å². The highest BCUT2D eigenvalue weighted by atomic mass is 32.1. The lowest BCUT2D eigenvalue weighted by molar-refractivity contribution is -0.318. The number of ether oxygens (including phenoxy) is 6. The van der Waals surface area contributed by atoms with Gasteiger partial charge < -0.3 is 69.5 Å². The summed E-state index contributed by atoms with van der Waals surface area (Å²) < 4.78 is 52.3. The minimum atomic E-state index is -1.92. The molecule has 18 heteroatoms. The van der Waals surface area contributed by atoms with Gasteiger partial charge in [-0.3, -0.25) is 9.69 Å². The standard InChI is InChI=1S/C47H81FN4O12S/c1-14-35-47(10,58)39(54)30(6)52(21-17-20-49-44(65)50-33-19-16-15-18-32(33)48)25-26(2)23-45(8,57)41(64-43-37(53)34(51(11)12)22-27(3)60-43)28(4)38(29(5)42(56)62-35)63-36-24-46(9,59-13)40(55)31(7)61-36/h15-16,18-19,26-31,34-41,43,53-55,57-58H,14,17,20-25H2,1-13H3,(H2,49,50,65)/t26-,27-,28+,29-,30-,31+,34+,35-,36+,37-,38+,39-,40+,41-,43+,45-,46-,47-/m1/s1. The summed E-state index contributed by atoms with van der Waals surface area (Å²) in [6, 6.07) is 5.22. The number of thiocarbonyl (C=S) groups is 1. The number of aliphatic hydroxyl groups excluding tert-OH is 3. The van der Waals surface area contributed by atoms with E-state index in [1.54, 1.807) is 66.7 Å². The van der Waals surface area contributed by atoms with Crippen LogP contribution in [-0.4, -0.2) is 178 Å². The largest absolute Gasteiger partial charge is 0.459 e. The van der Waals surface area contributed by atoms with Crippen molar-refractivity contribution >= 4 is 29.0 Å². The van der Waals surface area contributed by atoms with E-state index < -0.39 is 102 Å². The number of methoxy groups -OCH3 is 1. The normalized spacial score (nSPS) is 41.8. The molecule has 0 radical (unpaired) electrons. The van der Waals surface area contributed by atoms with Crippen molar-refractivity contribution < 1.29 is 63.1 Å². The average Bonchev–Trinajstić information content (AvgIpc) is 3.23. The van der Waals surface area contributed by atoms with E-state index in [-0.39, 0.29) is 48.1 Å². The van der Waals surface area contributed by atoms with Crippen LogP contribution in [0, 0.1) is 23.6 Å². The molecule has 0 amide bonds. The third kappa shape index (κ3) is 13.8. The lowest BCUT2D eigenvalue weighted by atomic mass is 9.77. The lowest BCUT2D eigenvalue weighted by Crippen LogP contribution is -2.60. The van der Waals surface area contributed by atoms with Crippen molar-refractivity contribution in [2.24, 2.45) is 17.8 Å². The molecular formula is C47H81FN4O12S. The Morgan fingerprint density at radius 3 is 2.28 bits per heavy atom. The number of para-hydroxylation sites is 1. The first-order valence-electron chi connectivity index (χ1n) is 23.3. The first-order valence-corrected chi connectivity index (χ1v) is 23.7. The summed E-state index contributed by atoms with van der Waals surface area (Å²) in [5.41, 5.74) is -4.39. The summed E-state index contributed by atoms with van der Waals surface area (Å²) in [6.45, 7) is 18.6. The number of halogens is 1. The second kappa shape index (κ2) is 23.4. The Morgan fingerprint density at radius 2 is 1.66 bits per heavy atom. The van der Waals surface area contributed by atoms with Crippen LogP contribution in [0.4, 0.5) is 10.1 Å². The third-order valence-corrected chi connectivity index (χ3v) is 14.3. The second-order valence-electron chi connectivity index (χ2n) is 19.9. The number of cyclic esters (lactones) is 1. The van der Waals surface area contributed by atoms with Crippen LogP contribution in [0.1, 0.15) is 101 Å². The molecule has 3 heterocycles. The molecule has 1 aromatic rings. The Morgan fingerprint density at radius 1 is 1.00 bits per heavy atom. The molecule has 0 bridgehead atoms. The first-order chi connectivity index (χ1) is 30.3. The quantitative estimate of drug-likeness (QED) is 0.0906. The highest BCUT2D eigenvalue weighted by molar-refractivity contribution is 7.80. The Bertz CT molecular complexity index is 1680. The summed E-state index contributed by atoms with van der Waals surface area (Å²) in [6.07, 6.45) is -8.51. The van der Waals surface area contributed by atoms with E-state index in [2.05, 4.69) is 10.6 Å². The minimum Gasteiger partial charge on any atom is -0.459 e. The molecule has 3 aliphatic heterocycles. The number of aliphatic hydroxyl groups is 5. The Hall–Kier alpha value is -2.17. The molecule has 65 heavy (non-hydrogen) atoms. The molecule has 0 saturated carbocycles. The lowest BCUT2D eigenvalue weighted by Gasteiger charge is -2.48. The average molecular weight is 945 g/mol. The van der Waals surface area contributed by atoms with Crippen LogP contribution in [0.3, 0.4) is 0 Å². The second-order valence-corrected chi connectivity index (χ2v) is 20.3. The van der Waals surface area contributed by atoms with Crippen molar-refractivity contribution in [3.63, 3.8) is 0 Å². The maximum atomic E-state index is 14.5. The summed E-state index contributed by atoms with van der Waals surface area (Å²) in [7, 11) is 5.24. The first kappa shape index (κ1) is 55.4. The Labute approximate surface area is 391 Å². The number of likely N-dealkylation sites (N-methyl/N-ethyl adjacent to an activating group) is 1. The smallest absolute Gasteiger partial charge is 0.311 e. The molecule has 0 unspecified atom stereocenters. The van der Waals surface area contributed by atoms with Crippen LogP contribution in [-0.2, 0) is 33.2 Å². The minimum absolute atomic E-state index is 0.0982. The zero-order valence-corrected chi connectivity index (χ0v) is 41.7. The molecule has 3 fully saturated rings. The third-order valence-electron chi connectivity index (χ3n) is 14.1. The monoisotopic (exact) mass is 945 g/mol. The molecule has 0 spiro atoms. The fourth-order valence-corrected chi connectivity index (χ4v) is 10.3. The number of hydrogen-bond donors (Lipinski definition) is 7. The zero-order chi connectivity index (χ0) is 48.8. The Balaban J connectivity index is 1.74. The van der Waals surface area contributed by atoms with E-state index in [4.69, 9.17) is 40.6 Å². The number of nitrogens with one attached hydrogen (secondary N) is 2. The van der Waals surface area contributed by atoms with Gasteiger partial charge in [0.1, 0.15) is 35.8 Å². The van der Waals surface area contributed by atoms with E-state index in [1.165, 1.54) is 20.1 Å². The summed E-state index contributed by atoms with van der Waals surface area (Å²) in [5, 5.41) is 66.0. The molecule has 1 aromatic carbocycles. The van der Waals surface area contributed by atoms with Gasteiger partial charge in [0, 0.05) is 51.2 Å². The van der Waals surface area contributed by atoms with Crippen molar-refractivity contribution in [2.75, 3.05) is 46.2 Å². The van der Waals surface area contributed by atoms with Gasteiger partial charge in [0.15, 0.2) is 17.7 Å². The van der Waals surface area contributed by atoms with Crippen molar-refractivity contribution in [3.8, 4) is 0 Å². The fraction of sp³-hybridized carbons (Fsp3) is 0.830. The van der Waals surface area contributed by atoms with E-state index >= 15 is 0 Å².